The molecule has 162 valence electrons. The maximum atomic E-state index is 6.11. The molecular formula is C24H25N7O. The lowest BCUT2D eigenvalue weighted by Crippen LogP contribution is -2.21. The highest BCUT2D eigenvalue weighted by molar-refractivity contribution is 5.66. The highest BCUT2D eigenvalue weighted by atomic mass is 16.4. The van der Waals surface area contributed by atoms with Crippen molar-refractivity contribution in [2.24, 2.45) is 0 Å². The Bertz CT molecular complexity index is 1190. The monoisotopic (exact) mass is 427 g/mol. The molecule has 0 spiro atoms. The lowest BCUT2D eigenvalue weighted by Gasteiger charge is -2.18. The van der Waals surface area contributed by atoms with Crippen molar-refractivity contribution in [1.29, 1.82) is 0 Å². The molecule has 8 nitrogen and oxygen atoms in total. The Labute approximate surface area is 186 Å². The van der Waals surface area contributed by atoms with Crippen LogP contribution in [0.1, 0.15) is 23.5 Å². The molecule has 1 aliphatic rings. The van der Waals surface area contributed by atoms with Gasteiger partial charge in [0.15, 0.2) is 11.5 Å². The van der Waals surface area contributed by atoms with Gasteiger partial charge in [0, 0.05) is 31.1 Å². The van der Waals surface area contributed by atoms with Gasteiger partial charge in [0.05, 0.1) is 6.20 Å². The van der Waals surface area contributed by atoms with Crippen molar-refractivity contribution in [2.45, 2.75) is 18.9 Å². The summed E-state index contributed by atoms with van der Waals surface area (Å²) in [6.07, 6.45) is 2.78. The largest absolute Gasteiger partial charge is 0.414 e. The van der Waals surface area contributed by atoms with Crippen LogP contribution >= 0.6 is 0 Å². The van der Waals surface area contributed by atoms with Crippen LogP contribution in [0.2, 0.25) is 0 Å². The predicted molar refractivity (Wildman–Crippen MR) is 124 cm³/mol. The van der Waals surface area contributed by atoms with Crippen LogP contribution in [0.4, 0.5) is 11.6 Å². The van der Waals surface area contributed by atoms with Crippen LogP contribution in [0.3, 0.4) is 0 Å². The van der Waals surface area contributed by atoms with Crippen LogP contribution in [0, 0.1) is 0 Å². The van der Waals surface area contributed by atoms with Crippen molar-refractivity contribution in [3.8, 4) is 23.0 Å². The summed E-state index contributed by atoms with van der Waals surface area (Å²) in [6, 6.07) is 18.6. The van der Waals surface area contributed by atoms with E-state index in [1.165, 1.54) is 11.1 Å². The summed E-state index contributed by atoms with van der Waals surface area (Å²) >= 11 is 0. The van der Waals surface area contributed by atoms with Crippen molar-refractivity contribution in [3.63, 3.8) is 0 Å². The van der Waals surface area contributed by atoms with Gasteiger partial charge in [-0.05, 0) is 36.7 Å². The second-order valence-electron chi connectivity index (χ2n) is 7.94. The standard InChI is InChI=1S/C24H25N7O/c1-26-13-16-7-9-18(10-8-16)23-29-30-24(32-23)21-22(25)27-14-20(28-21)31-12-11-19(15-31)17-5-3-2-4-6-17/h2-10,14,19,26H,11-13,15H2,1H3,(H2,25,27). The lowest BCUT2D eigenvalue weighted by atomic mass is 9.99. The zero-order valence-corrected chi connectivity index (χ0v) is 17.9. The first kappa shape index (κ1) is 20.1. The van der Waals surface area contributed by atoms with E-state index in [2.05, 4.69) is 49.7 Å². The van der Waals surface area contributed by atoms with E-state index in [0.717, 1.165) is 37.4 Å². The first-order valence-electron chi connectivity index (χ1n) is 10.7. The minimum absolute atomic E-state index is 0.268. The molecule has 1 aliphatic heterocycles. The number of nitrogen functional groups attached to an aromatic ring is 1. The van der Waals surface area contributed by atoms with Gasteiger partial charge in [-0.15, -0.1) is 10.2 Å². The second kappa shape index (κ2) is 8.76. The van der Waals surface area contributed by atoms with Gasteiger partial charge >= 0.3 is 0 Å². The Balaban J connectivity index is 1.37. The number of anilines is 2. The molecule has 0 saturated carbocycles. The van der Waals surface area contributed by atoms with Gasteiger partial charge in [-0.1, -0.05) is 42.5 Å². The number of nitrogens with one attached hydrogen (secondary N) is 1. The van der Waals surface area contributed by atoms with Crippen LogP contribution in [0.25, 0.3) is 23.0 Å². The summed E-state index contributed by atoms with van der Waals surface area (Å²) in [5.74, 6) is 2.20. The molecule has 1 unspecified atom stereocenters. The number of nitrogens with zero attached hydrogens (tertiary/aromatic N) is 5. The fourth-order valence-electron chi connectivity index (χ4n) is 4.07. The highest BCUT2D eigenvalue weighted by Gasteiger charge is 2.26. The van der Waals surface area contributed by atoms with E-state index in [4.69, 9.17) is 15.1 Å². The van der Waals surface area contributed by atoms with E-state index in [1.807, 2.05) is 37.4 Å². The molecule has 5 rings (SSSR count). The van der Waals surface area contributed by atoms with Gasteiger partial charge in [0.1, 0.15) is 5.82 Å². The molecule has 8 heteroatoms. The smallest absolute Gasteiger partial charge is 0.270 e. The maximum Gasteiger partial charge on any atom is 0.270 e. The average Bonchev–Trinajstić information content (AvgIpc) is 3.51. The molecule has 0 aliphatic carbocycles. The number of hydrogen-bond acceptors (Lipinski definition) is 8. The molecule has 1 fully saturated rings. The summed E-state index contributed by atoms with van der Waals surface area (Å²) in [4.78, 5) is 11.3. The summed E-state index contributed by atoms with van der Waals surface area (Å²) in [6.45, 7) is 2.59. The summed E-state index contributed by atoms with van der Waals surface area (Å²) in [7, 11) is 1.92. The molecule has 2 aromatic carbocycles. The molecule has 0 bridgehead atoms. The third-order valence-electron chi connectivity index (χ3n) is 5.78. The van der Waals surface area contributed by atoms with Crippen LogP contribution in [-0.4, -0.2) is 40.3 Å². The number of benzene rings is 2. The molecule has 2 aromatic heterocycles. The fraction of sp³-hybridized carbons (Fsp3) is 0.250. The average molecular weight is 428 g/mol. The normalized spacial score (nSPS) is 15.9. The van der Waals surface area contributed by atoms with Crippen molar-refractivity contribution in [3.05, 3.63) is 71.9 Å². The van der Waals surface area contributed by atoms with E-state index < -0.39 is 0 Å². The Morgan fingerprint density at radius 3 is 2.62 bits per heavy atom. The van der Waals surface area contributed by atoms with Gasteiger partial charge in [-0.25, -0.2) is 9.97 Å². The van der Waals surface area contributed by atoms with Crippen LogP contribution < -0.4 is 16.0 Å². The van der Waals surface area contributed by atoms with Gasteiger partial charge in [0.2, 0.25) is 5.89 Å². The van der Waals surface area contributed by atoms with Crippen LogP contribution in [-0.2, 0) is 6.54 Å². The Hall–Kier alpha value is -3.78. The summed E-state index contributed by atoms with van der Waals surface area (Å²) in [5, 5.41) is 11.5. The Kier molecular flexibility index (Phi) is 5.51. The second-order valence-corrected chi connectivity index (χ2v) is 7.94. The van der Waals surface area contributed by atoms with Crippen molar-refractivity contribution < 1.29 is 4.42 Å². The van der Waals surface area contributed by atoms with Gasteiger partial charge < -0.3 is 20.4 Å². The van der Waals surface area contributed by atoms with Gasteiger partial charge in [-0.3, -0.25) is 0 Å². The number of rotatable bonds is 6. The zero-order chi connectivity index (χ0) is 21.9. The van der Waals surface area contributed by atoms with Crippen LogP contribution in [0.15, 0.2) is 65.2 Å². The van der Waals surface area contributed by atoms with Crippen molar-refractivity contribution >= 4 is 11.6 Å². The van der Waals surface area contributed by atoms with E-state index in [-0.39, 0.29) is 11.7 Å². The topological polar surface area (TPSA) is 106 Å². The van der Waals surface area contributed by atoms with Gasteiger partial charge in [-0.2, -0.15) is 0 Å². The van der Waals surface area contributed by atoms with E-state index in [9.17, 15) is 0 Å². The van der Waals surface area contributed by atoms with Crippen molar-refractivity contribution in [1.82, 2.24) is 25.5 Å². The maximum absolute atomic E-state index is 6.11. The summed E-state index contributed by atoms with van der Waals surface area (Å²) in [5.41, 5.74) is 9.90. The Morgan fingerprint density at radius 2 is 1.84 bits per heavy atom. The lowest BCUT2D eigenvalue weighted by molar-refractivity contribution is 0.582. The fourth-order valence-corrected chi connectivity index (χ4v) is 4.07. The molecule has 3 N–H and O–H groups in total. The molecule has 3 heterocycles. The molecule has 0 radical (unpaired) electrons. The van der Waals surface area contributed by atoms with Crippen molar-refractivity contribution in [2.75, 3.05) is 30.8 Å². The van der Waals surface area contributed by atoms with E-state index in [0.29, 0.717) is 17.5 Å². The first-order chi connectivity index (χ1) is 15.7. The SMILES string of the molecule is CNCc1ccc(-c2nnc(-c3nc(N4CCC(c5ccccc5)C4)cnc3N)o2)cc1. The predicted octanol–water partition coefficient (Wildman–Crippen LogP) is 3.49. The number of nitrogens with two attached hydrogens (primary N) is 1. The molecule has 4 aromatic rings. The summed E-state index contributed by atoms with van der Waals surface area (Å²) < 4.78 is 5.91. The number of hydrogen-bond donors (Lipinski definition) is 2. The quantitative estimate of drug-likeness (QED) is 0.482. The highest BCUT2D eigenvalue weighted by Crippen LogP contribution is 2.32. The molecule has 1 atom stereocenters. The van der Waals surface area contributed by atoms with E-state index >= 15 is 0 Å². The molecule has 0 amide bonds. The Morgan fingerprint density at radius 1 is 1.06 bits per heavy atom. The first-order valence-corrected chi connectivity index (χ1v) is 10.7. The minimum Gasteiger partial charge on any atom is -0.414 e. The molecular weight excluding hydrogens is 402 g/mol. The molecule has 32 heavy (non-hydrogen) atoms. The molecule has 1 saturated heterocycles. The van der Waals surface area contributed by atoms with Crippen LogP contribution in [0.5, 0.6) is 0 Å². The third kappa shape index (κ3) is 4.04. The third-order valence-corrected chi connectivity index (χ3v) is 5.78. The minimum atomic E-state index is 0.268. The zero-order valence-electron chi connectivity index (χ0n) is 17.9. The van der Waals surface area contributed by atoms with E-state index in [1.54, 1.807) is 6.20 Å². The number of aromatic nitrogens is 4. The van der Waals surface area contributed by atoms with Gasteiger partial charge in [0.25, 0.3) is 5.89 Å².